The average molecular weight is 389 g/mol. The molecular formula is C25H15N3O2. The largest absolute Gasteiger partial charge is 0.457 e. The van der Waals surface area contributed by atoms with Gasteiger partial charge in [0, 0.05) is 11.8 Å². The summed E-state index contributed by atoms with van der Waals surface area (Å²) in [7, 11) is 0. The van der Waals surface area contributed by atoms with E-state index in [-0.39, 0.29) is 11.0 Å². The van der Waals surface area contributed by atoms with Crippen LogP contribution in [0.5, 0.6) is 11.5 Å². The number of nitrogens with one attached hydrogen (secondary N) is 1. The van der Waals surface area contributed by atoms with Gasteiger partial charge in [-0.1, -0.05) is 36.4 Å². The van der Waals surface area contributed by atoms with Crippen molar-refractivity contribution in [3.8, 4) is 40.1 Å². The Kier molecular flexibility index (Phi) is 5.11. The predicted octanol–water partition coefficient (Wildman–Crippen LogP) is 5.92. The van der Waals surface area contributed by atoms with Gasteiger partial charge in [0.1, 0.15) is 23.1 Å². The Labute approximate surface area is 173 Å². The van der Waals surface area contributed by atoms with Gasteiger partial charge in [0.15, 0.2) is 5.69 Å². The molecule has 5 heteroatoms. The van der Waals surface area contributed by atoms with Gasteiger partial charge >= 0.3 is 0 Å². The molecule has 4 rings (SSSR count). The number of nitrogens with zero attached hydrogens (tertiary/aromatic N) is 2. The highest BCUT2D eigenvalue weighted by atomic mass is 16.5. The quantitative estimate of drug-likeness (QED) is 0.440. The number of H-pyrrole nitrogens is 1. The minimum Gasteiger partial charge on any atom is -0.457 e. The van der Waals surface area contributed by atoms with Crippen molar-refractivity contribution in [2.45, 2.75) is 0 Å². The molecule has 0 aliphatic rings. The lowest BCUT2D eigenvalue weighted by Gasteiger charge is -2.10. The maximum absolute atomic E-state index is 12.6. The minimum absolute atomic E-state index is 0.0387. The third kappa shape index (κ3) is 3.82. The summed E-state index contributed by atoms with van der Waals surface area (Å²) in [6.45, 7) is 7.18. The highest BCUT2D eigenvalue weighted by molar-refractivity contribution is 5.73. The van der Waals surface area contributed by atoms with E-state index < -0.39 is 0 Å². The van der Waals surface area contributed by atoms with Crippen LogP contribution in [0.4, 0.5) is 5.69 Å². The molecule has 0 atom stereocenters. The Bertz CT molecular complexity index is 1340. The van der Waals surface area contributed by atoms with Gasteiger partial charge in [-0.2, -0.15) is 5.26 Å². The number of benzene rings is 3. The van der Waals surface area contributed by atoms with Gasteiger partial charge in [-0.25, -0.2) is 4.85 Å². The molecular weight excluding hydrogens is 374 g/mol. The number of hydrogen-bond acceptors (Lipinski definition) is 3. The highest BCUT2D eigenvalue weighted by Gasteiger charge is 2.13. The Morgan fingerprint density at radius 1 is 0.867 bits per heavy atom. The van der Waals surface area contributed by atoms with Crippen LogP contribution in [0.15, 0.2) is 89.7 Å². The Hall–Kier alpha value is -4.61. The summed E-state index contributed by atoms with van der Waals surface area (Å²) in [5.41, 5.74) is 2.50. The van der Waals surface area contributed by atoms with Gasteiger partial charge in [0.05, 0.1) is 12.3 Å². The molecule has 1 N–H and O–H groups in total. The van der Waals surface area contributed by atoms with Crippen LogP contribution >= 0.6 is 0 Å². The molecule has 0 aliphatic carbocycles. The molecule has 0 unspecified atom stereocenters. The fourth-order valence-electron chi connectivity index (χ4n) is 3.10. The Balaban J connectivity index is 1.74. The molecule has 4 aromatic rings. The Morgan fingerprint density at radius 3 is 2.30 bits per heavy atom. The number of hydrogen-bond donors (Lipinski definition) is 1. The smallest absolute Gasteiger partial charge is 0.200 e. The summed E-state index contributed by atoms with van der Waals surface area (Å²) < 4.78 is 5.80. The van der Waals surface area contributed by atoms with Crippen molar-refractivity contribution in [3.63, 3.8) is 0 Å². The fourth-order valence-corrected chi connectivity index (χ4v) is 3.10. The van der Waals surface area contributed by atoms with Crippen LogP contribution in [0, 0.1) is 17.9 Å². The maximum Gasteiger partial charge on any atom is 0.200 e. The van der Waals surface area contributed by atoms with E-state index >= 15 is 0 Å². The number of rotatable bonds is 4. The minimum atomic E-state index is -0.376. The summed E-state index contributed by atoms with van der Waals surface area (Å²) in [5, 5.41) is 9.52. The van der Waals surface area contributed by atoms with Crippen LogP contribution < -0.4 is 10.2 Å². The molecule has 0 saturated heterocycles. The van der Waals surface area contributed by atoms with Crippen LogP contribution in [0.3, 0.4) is 0 Å². The summed E-state index contributed by atoms with van der Waals surface area (Å²) in [5.74, 6) is 1.37. The fraction of sp³-hybridized carbons (Fsp3) is 0. The van der Waals surface area contributed by atoms with Crippen molar-refractivity contribution in [1.29, 1.82) is 5.26 Å². The monoisotopic (exact) mass is 389 g/mol. The van der Waals surface area contributed by atoms with E-state index in [4.69, 9.17) is 11.3 Å². The van der Waals surface area contributed by atoms with Gasteiger partial charge in [-0.05, 0) is 53.6 Å². The molecule has 30 heavy (non-hydrogen) atoms. The third-order valence-corrected chi connectivity index (χ3v) is 4.55. The van der Waals surface area contributed by atoms with E-state index in [1.165, 1.54) is 6.07 Å². The molecule has 0 aliphatic heterocycles. The lowest BCUT2D eigenvalue weighted by molar-refractivity contribution is 0.483. The highest BCUT2D eigenvalue weighted by Crippen LogP contribution is 2.28. The zero-order valence-electron chi connectivity index (χ0n) is 15.8. The van der Waals surface area contributed by atoms with Crippen LogP contribution in [0.1, 0.15) is 5.56 Å². The standard InChI is InChI=1S/C25H15N3O2/c1-27-19-7-5-6-18(14-19)23-15-24(29)22(16-26)25(28-23)17-10-12-21(13-11-17)30-20-8-3-2-4-9-20/h2-15H,(H,28,29). The maximum atomic E-state index is 12.6. The molecule has 0 amide bonds. The van der Waals surface area contributed by atoms with Crippen molar-refractivity contribution >= 4 is 5.69 Å². The Morgan fingerprint density at radius 2 is 1.60 bits per heavy atom. The molecule has 0 fully saturated rings. The first-order valence-electron chi connectivity index (χ1n) is 9.16. The van der Waals surface area contributed by atoms with Gasteiger partial charge in [0.2, 0.25) is 5.43 Å². The van der Waals surface area contributed by atoms with Crippen LogP contribution in [-0.2, 0) is 0 Å². The SMILES string of the molecule is [C-]#[N+]c1cccc(-c2cc(=O)c(C#N)c(-c3ccc(Oc4ccccc4)cc3)[nH]2)c1. The second kappa shape index (κ2) is 8.18. The molecule has 1 heterocycles. The van der Waals surface area contributed by atoms with Crippen LogP contribution in [-0.4, -0.2) is 4.98 Å². The van der Waals surface area contributed by atoms with E-state index in [0.717, 1.165) is 5.75 Å². The summed E-state index contributed by atoms with van der Waals surface area (Å²) in [6, 6.07) is 26.9. The lowest BCUT2D eigenvalue weighted by Crippen LogP contribution is -2.09. The normalized spacial score (nSPS) is 10.1. The van der Waals surface area contributed by atoms with Gasteiger partial charge in [0.25, 0.3) is 0 Å². The van der Waals surface area contributed by atoms with Crippen molar-refractivity contribution in [2.24, 2.45) is 0 Å². The van der Waals surface area contributed by atoms with Gasteiger partial charge in [-0.15, -0.1) is 0 Å². The first-order valence-corrected chi connectivity index (χ1v) is 9.16. The average Bonchev–Trinajstić information content (AvgIpc) is 2.80. The number of para-hydroxylation sites is 1. The number of nitriles is 1. The van der Waals surface area contributed by atoms with Crippen molar-refractivity contribution < 1.29 is 4.74 Å². The summed E-state index contributed by atoms with van der Waals surface area (Å²) >= 11 is 0. The number of aromatic nitrogens is 1. The zero-order valence-corrected chi connectivity index (χ0v) is 15.8. The third-order valence-electron chi connectivity index (χ3n) is 4.55. The number of ether oxygens (including phenoxy) is 1. The second-order valence-electron chi connectivity index (χ2n) is 6.51. The van der Waals surface area contributed by atoms with Crippen LogP contribution in [0.2, 0.25) is 0 Å². The molecule has 1 aromatic heterocycles. The number of pyridine rings is 1. The first-order chi connectivity index (χ1) is 14.7. The summed E-state index contributed by atoms with van der Waals surface area (Å²) in [6.07, 6.45) is 0. The van der Waals surface area contributed by atoms with E-state index in [2.05, 4.69) is 9.83 Å². The summed E-state index contributed by atoms with van der Waals surface area (Å²) in [4.78, 5) is 19.2. The second-order valence-corrected chi connectivity index (χ2v) is 6.51. The molecule has 0 spiro atoms. The predicted molar refractivity (Wildman–Crippen MR) is 115 cm³/mol. The molecule has 0 bridgehead atoms. The number of aromatic amines is 1. The van der Waals surface area contributed by atoms with E-state index in [0.29, 0.717) is 34.0 Å². The van der Waals surface area contributed by atoms with E-state index in [1.807, 2.05) is 42.5 Å². The van der Waals surface area contributed by atoms with E-state index in [9.17, 15) is 10.1 Å². The van der Waals surface area contributed by atoms with Crippen molar-refractivity contribution in [2.75, 3.05) is 0 Å². The van der Waals surface area contributed by atoms with Crippen molar-refractivity contribution in [1.82, 2.24) is 4.98 Å². The topological polar surface area (TPSA) is 70.2 Å². The van der Waals surface area contributed by atoms with Crippen LogP contribution in [0.25, 0.3) is 27.4 Å². The molecule has 0 radical (unpaired) electrons. The van der Waals surface area contributed by atoms with Gasteiger partial charge < -0.3 is 9.72 Å². The molecule has 5 nitrogen and oxygen atoms in total. The van der Waals surface area contributed by atoms with E-state index in [1.54, 1.807) is 42.5 Å². The molecule has 142 valence electrons. The molecule has 0 saturated carbocycles. The van der Waals surface area contributed by atoms with Crippen molar-refractivity contribution in [3.05, 3.63) is 112 Å². The van der Waals surface area contributed by atoms with Gasteiger partial charge in [-0.3, -0.25) is 4.79 Å². The molecule has 3 aromatic carbocycles. The first kappa shape index (κ1) is 18.7. The lowest BCUT2D eigenvalue weighted by atomic mass is 10.0. The zero-order chi connectivity index (χ0) is 20.9.